The second-order valence-corrected chi connectivity index (χ2v) is 2.57. The molecule has 0 saturated heterocycles. The van der Waals surface area contributed by atoms with Gasteiger partial charge in [0.1, 0.15) is 6.29 Å². The van der Waals surface area contributed by atoms with E-state index in [1.807, 2.05) is 0 Å². The Labute approximate surface area is 50.1 Å². The van der Waals surface area contributed by atoms with Gasteiger partial charge in [-0.05, 0) is 18.3 Å². The maximum absolute atomic E-state index is 9.92. The molecule has 0 N–H and O–H groups in total. The fraction of sp³-hybridized carbons (Fsp3) is 0.857. The molecule has 1 rings (SSSR count). The lowest BCUT2D eigenvalue weighted by atomic mass is 10.2. The van der Waals surface area contributed by atoms with E-state index in [0.29, 0.717) is 0 Å². The molecular weight excluding hydrogens is 100 g/mol. The van der Waals surface area contributed by atoms with Crippen LogP contribution >= 0.6 is 0 Å². The van der Waals surface area contributed by atoms with Gasteiger partial charge >= 0.3 is 0 Å². The number of hydrogen-bond donors (Lipinski definition) is 0. The minimum absolute atomic E-state index is 0.762. The Bertz CT molecular complexity index is 88.4. The Balaban J connectivity index is 2.07. The molecule has 0 heterocycles. The molecule has 0 aromatic rings. The lowest BCUT2D eigenvalue weighted by molar-refractivity contribution is -0.108. The van der Waals surface area contributed by atoms with E-state index in [0.717, 1.165) is 24.5 Å². The smallest absolute Gasteiger partial charge is 0.120 e. The number of carbonyl (C=O) groups is 1. The largest absolute Gasteiger partial charge is 0.303 e. The predicted molar refractivity (Wildman–Crippen MR) is 32.6 cm³/mol. The first-order valence-corrected chi connectivity index (χ1v) is 3.32. The van der Waals surface area contributed by atoms with E-state index in [1.54, 1.807) is 0 Å². The van der Waals surface area contributed by atoms with E-state index in [1.165, 1.54) is 12.8 Å². The van der Waals surface area contributed by atoms with Gasteiger partial charge in [-0.2, -0.15) is 0 Å². The highest BCUT2D eigenvalue weighted by Crippen LogP contribution is 2.42. The standard InChI is InChI=1S/C7H12O/c1-2-6-5-7(6)3-4-8/h4,6-7H,2-3,5H2,1H3. The summed E-state index contributed by atoms with van der Waals surface area (Å²) < 4.78 is 0. The molecule has 0 aromatic heterocycles. The molecule has 1 aliphatic rings. The number of hydrogen-bond acceptors (Lipinski definition) is 1. The van der Waals surface area contributed by atoms with E-state index in [4.69, 9.17) is 0 Å². The second-order valence-electron chi connectivity index (χ2n) is 2.57. The average Bonchev–Trinajstić information content (AvgIpc) is 2.48. The maximum atomic E-state index is 9.92. The van der Waals surface area contributed by atoms with E-state index in [-0.39, 0.29) is 0 Å². The van der Waals surface area contributed by atoms with Gasteiger partial charge < -0.3 is 4.79 Å². The summed E-state index contributed by atoms with van der Waals surface area (Å²) in [5.41, 5.74) is 0. The van der Waals surface area contributed by atoms with Gasteiger partial charge in [0.15, 0.2) is 0 Å². The summed E-state index contributed by atoms with van der Waals surface area (Å²) in [6.45, 7) is 2.19. The monoisotopic (exact) mass is 112 g/mol. The van der Waals surface area contributed by atoms with Crippen molar-refractivity contribution in [2.45, 2.75) is 26.2 Å². The normalized spacial score (nSPS) is 34.6. The van der Waals surface area contributed by atoms with Gasteiger partial charge in [-0.1, -0.05) is 13.3 Å². The van der Waals surface area contributed by atoms with E-state index in [2.05, 4.69) is 6.92 Å². The van der Waals surface area contributed by atoms with Gasteiger partial charge in [-0.15, -0.1) is 0 Å². The fourth-order valence-corrected chi connectivity index (χ4v) is 1.22. The molecule has 2 atom stereocenters. The first kappa shape index (κ1) is 5.80. The third-order valence-electron chi connectivity index (χ3n) is 1.99. The van der Waals surface area contributed by atoms with Gasteiger partial charge in [0.05, 0.1) is 0 Å². The Kier molecular flexibility index (Phi) is 1.66. The Morgan fingerprint density at radius 1 is 1.62 bits per heavy atom. The second kappa shape index (κ2) is 2.29. The zero-order chi connectivity index (χ0) is 5.98. The first-order valence-electron chi connectivity index (χ1n) is 3.32. The number of aldehydes is 1. The van der Waals surface area contributed by atoms with E-state index >= 15 is 0 Å². The Hall–Kier alpha value is -0.330. The molecule has 1 nitrogen and oxygen atoms in total. The van der Waals surface area contributed by atoms with Crippen LogP contribution in [0.4, 0.5) is 0 Å². The first-order chi connectivity index (χ1) is 3.88. The summed E-state index contributed by atoms with van der Waals surface area (Å²) in [4.78, 5) is 9.92. The SMILES string of the molecule is CCC1CC1CC=O. The van der Waals surface area contributed by atoms with Crippen LogP contribution in [0.25, 0.3) is 0 Å². The molecule has 0 spiro atoms. The van der Waals surface area contributed by atoms with Crippen molar-refractivity contribution < 1.29 is 4.79 Å². The number of carbonyl (C=O) groups excluding carboxylic acids is 1. The molecule has 0 radical (unpaired) electrons. The molecule has 8 heavy (non-hydrogen) atoms. The van der Waals surface area contributed by atoms with Crippen LogP contribution in [-0.2, 0) is 4.79 Å². The highest BCUT2D eigenvalue weighted by molar-refractivity contribution is 5.50. The van der Waals surface area contributed by atoms with Crippen LogP contribution < -0.4 is 0 Å². The summed E-state index contributed by atoms with van der Waals surface area (Å²) in [5, 5.41) is 0. The molecule has 1 heteroatoms. The van der Waals surface area contributed by atoms with Crippen molar-refractivity contribution >= 4 is 6.29 Å². The fourth-order valence-electron chi connectivity index (χ4n) is 1.22. The topological polar surface area (TPSA) is 17.1 Å². The summed E-state index contributed by atoms with van der Waals surface area (Å²) in [5.74, 6) is 1.65. The van der Waals surface area contributed by atoms with Crippen molar-refractivity contribution in [2.24, 2.45) is 11.8 Å². The van der Waals surface area contributed by atoms with Crippen molar-refractivity contribution in [3.8, 4) is 0 Å². The van der Waals surface area contributed by atoms with Crippen LogP contribution in [-0.4, -0.2) is 6.29 Å². The van der Waals surface area contributed by atoms with Crippen molar-refractivity contribution in [2.75, 3.05) is 0 Å². The quantitative estimate of drug-likeness (QED) is 0.507. The van der Waals surface area contributed by atoms with Crippen LogP contribution in [0, 0.1) is 11.8 Å². The Morgan fingerprint density at radius 2 is 2.38 bits per heavy atom. The third kappa shape index (κ3) is 1.09. The van der Waals surface area contributed by atoms with Crippen molar-refractivity contribution in [3.63, 3.8) is 0 Å². The minimum Gasteiger partial charge on any atom is -0.303 e. The summed E-state index contributed by atoms with van der Waals surface area (Å²) >= 11 is 0. The van der Waals surface area contributed by atoms with Crippen LogP contribution in [0.2, 0.25) is 0 Å². The van der Waals surface area contributed by atoms with Crippen LogP contribution in [0.3, 0.4) is 0 Å². The van der Waals surface area contributed by atoms with Gasteiger partial charge in [0.25, 0.3) is 0 Å². The van der Waals surface area contributed by atoms with Crippen molar-refractivity contribution in [1.29, 1.82) is 0 Å². The van der Waals surface area contributed by atoms with Crippen LogP contribution in [0.1, 0.15) is 26.2 Å². The van der Waals surface area contributed by atoms with Gasteiger partial charge in [0, 0.05) is 6.42 Å². The van der Waals surface area contributed by atoms with Gasteiger partial charge in [0.2, 0.25) is 0 Å². The molecular formula is C7H12O. The van der Waals surface area contributed by atoms with Gasteiger partial charge in [-0.25, -0.2) is 0 Å². The van der Waals surface area contributed by atoms with Crippen LogP contribution in [0.15, 0.2) is 0 Å². The average molecular weight is 112 g/mol. The van der Waals surface area contributed by atoms with Crippen molar-refractivity contribution in [1.82, 2.24) is 0 Å². The van der Waals surface area contributed by atoms with E-state index < -0.39 is 0 Å². The summed E-state index contributed by atoms with van der Waals surface area (Å²) in [6, 6.07) is 0. The molecule has 0 amide bonds. The minimum atomic E-state index is 0.762. The molecule has 0 aromatic carbocycles. The number of rotatable bonds is 3. The molecule has 2 unspecified atom stereocenters. The third-order valence-corrected chi connectivity index (χ3v) is 1.99. The lowest BCUT2D eigenvalue weighted by Crippen LogP contribution is -1.80. The molecule has 1 aliphatic carbocycles. The molecule has 0 aliphatic heterocycles. The highest BCUT2D eigenvalue weighted by atomic mass is 16.1. The van der Waals surface area contributed by atoms with Crippen molar-refractivity contribution in [3.05, 3.63) is 0 Å². The summed E-state index contributed by atoms with van der Waals surface area (Å²) in [7, 11) is 0. The highest BCUT2D eigenvalue weighted by Gasteiger charge is 2.34. The van der Waals surface area contributed by atoms with E-state index in [9.17, 15) is 4.79 Å². The van der Waals surface area contributed by atoms with Gasteiger partial charge in [-0.3, -0.25) is 0 Å². The molecule has 0 bridgehead atoms. The molecule has 1 fully saturated rings. The Morgan fingerprint density at radius 3 is 2.75 bits per heavy atom. The zero-order valence-corrected chi connectivity index (χ0v) is 5.26. The maximum Gasteiger partial charge on any atom is 0.120 e. The molecule has 46 valence electrons. The lowest BCUT2D eigenvalue weighted by Gasteiger charge is -1.84. The zero-order valence-electron chi connectivity index (χ0n) is 5.26. The summed E-state index contributed by atoms with van der Waals surface area (Å²) in [6.07, 6.45) is 4.41. The predicted octanol–water partition coefficient (Wildman–Crippen LogP) is 1.62. The molecule has 1 saturated carbocycles. The van der Waals surface area contributed by atoms with Crippen LogP contribution in [0.5, 0.6) is 0 Å².